The summed E-state index contributed by atoms with van der Waals surface area (Å²) in [5.41, 5.74) is 2.06. The van der Waals surface area contributed by atoms with Crippen molar-refractivity contribution in [3.05, 3.63) is 85.0 Å². The van der Waals surface area contributed by atoms with Gasteiger partial charge in [-0.25, -0.2) is 9.59 Å². The third-order valence-corrected chi connectivity index (χ3v) is 3.30. The van der Waals surface area contributed by atoms with Crippen LogP contribution >= 0.6 is 0 Å². The Hall–Kier alpha value is -3.54. The minimum Gasteiger partial charge on any atom is -0.430 e. The fourth-order valence-corrected chi connectivity index (χ4v) is 2.09. The molecule has 0 atom stereocenters. The van der Waals surface area contributed by atoms with Crippen molar-refractivity contribution in [3.63, 3.8) is 0 Å². The fraction of sp³-hybridized carbons (Fsp3) is 0.143. The maximum absolute atomic E-state index is 11.4. The first-order chi connectivity index (χ1) is 13.1. The first kappa shape index (κ1) is 19.8. The SMILES string of the molecule is C=CCOC(=O)Oc1ccc(Cc2ccc(OC(=O)OCC=C)cc2)cc1. The number of rotatable bonds is 8. The van der Waals surface area contributed by atoms with Crippen LogP contribution in [-0.2, 0) is 15.9 Å². The number of carbonyl (C=O) groups excluding carboxylic acids is 2. The van der Waals surface area contributed by atoms with Crippen LogP contribution in [0.15, 0.2) is 73.8 Å². The highest BCUT2D eigenvalue weighted by molar-refractivity contribution is 5.64. The van der Waals surface area contributed by atoms with Gasteiger partial charge in [0.2, 0.25) is 0 Å². The monoisotopic (exact) mass is 368 g/mol. The van der Waals surface area contributed by atoms with Crippen molar-refractivity contribution in [3.8, 4) is 11.5 Å². The predicted molar refractivity (Wildman–Crippen MR) is 100 cm³/mol. The number of ether oxygens (including phenoxy) is 4. The number of hydrogen-bond donors (Lipinski definition) is 0. The van der Waals surface area contributed by atoms with Crippen molar-refractivity contribution in [1.29, 1.82) is 0 Å². The van der Waals surface area contributed by atoms with Gasteiger partial charge in [-0.1, -0.05) is 49.6 Å². The summed E-state index contributed by atoms with van der Waals surface area (Å²) in [4.78, 5) is 22.7. The molecule has 0 bridgehead atoms. The molecule has 0 amide bonds. The van der Waals surface area contributed by atoms with Crippen molar-refractivity contribution in [2.45, 2.75) is 6.42 Å². The molecule has 0 saturated carbocycles. The molecule has 0 aromatic heterocycles. The molecule has 0 spiro atoms. The Morgan fingerprint density at radius 1 is 0.704 bits per heavy atom. The Labute approximate surface area is 157 Å². The summed E-state index contributed by atoms with van der Waals surface area (Å²) >= 11 is 0. The predicted octanol–water partition coefficient (Wildman–Crippen LogP) is 4.68. The van der Waals surface area contributed by atoms with Crippen LogP contribution in [0.2, 0.25) is 0 Å². The van der Waals surface area contributed by atoms with Crippen LogP contribution in [0, 0.1) is 0 Å². The van der Waals surface area contributed by atoms with E-state index < -0.39 is 12.3 Å². The van der Waals surface area contributed by atoms with Gasteiger partial charge in [-0.15, -0.1) is 0 Å². The fourth-order valence-electron chi connectivity index (χ4n) is 2.09. The van der Waals surface area contributed by atoms with Gasteiger partial charge in [0, 0.05) is 0 Å². The molecule has 0 radical (unpaired) electrons. The van der Waals surface area contributed by atoms with Gasteiger partial charge in [0.25, 0.3) is 0 Å². The average molecular weight is 368 g/mol. The molecule has 0 fully saturated rings. The van der Waals surface area contributed by atoms with Gasteiger partial charge in [0.15, 0.2) is 0 Å². The molecule has 0 aliphatic carbocycles. The van der Waals surface area contributed by atoms with Crippen LogP contribution in [0.5, 0.6) is 11.5 Å². The zero-order chi connectivity index (χ0) is 19.5. The Morgan fingerprint density at radius 2 is 1.07 bits per heavy atom. The van der Waals surface area contributed by atoms with Crippen LogP contribution in [0.3, 0.4) is 0 Å². The van der Waals surface area contributed by atoms with E-state index in [0.717, 1.165) is 11.1 Å². The van der Waals surface area contributed by atoms with Crippen molar-refractivity contribution >= 4 is 12.3 Å². The summed E-state index contributed by atoms with van der Waals surface area (Å²) in [6.07, 6.45) is 2.05. The molecule has 140 valence electrons. The molecule has 6 nitrogen and oxygen atoms in total. The second-order valence-electron chi connectivity index (χ2n) is 5.37. The average Bonchev–Trinajstić information content (AvgIpc) is 2.68. The largest absolute Gasteiger partial charge is 0.514 e. The molecule has 0 aliphatic rings. The smallest absolute Gasteiger partial charge is 0.430 e. The van der Waals surface area contributed by atoms with Gasteiger partial charge < -0.3 is 18.9 Å². The first-order valence-electron chi connectivity index (χ1n) is 8.19. The third-order valence-electron chi connectivity index (χ3n) is 3.30. The Balaban J connectivity index is 1.87. The highest BCUT2D eigenvalue weighted by atomic mass is 16.7. The van der Waals surface area contributed by atoms with E-state index in [4.69, 9.17) is 18.9 Å². The minimum atomic E-state index is -0.773. The quantitative estimate of drug-likeness (QED) is 0.383. The maximum Gasteiger partial charge on any atom is 0.514 e. The Morgan fingerprint density at radius 3 is 1.41 bits per heavy atom. The third kappa shape index (κ3) is 7.07. The molecule has 0 aliphatic heterocycles. The standard InChI is InChI=1S/C21H20O6/c1-3-13-24-20(22)26-18-9-5-16(6-10-18)15-17-7-11-19(12-8-17)27-21(23)25-14-4-2/h3-12H,1-2,13-15H2. The van der Waals surface area contributed by atoms with Crippen LogP contribution in [0.4, 0.5) is 9.59 Å². The lowest BCUT2D eigenvalue weighted by molar-refractivity contribution is 0.108. The molecule has 2 rings (SSSR count). The normalized spacial score (nSPS) is 9.78. The molecule has 6 heteroatoms. The van der Waals surface area contributed by atoms with E-state index in [1.165, 1.54) is 12.2 Å². The second kappa shape index (κ2) is 10.5. The molecule has 0 heterocycles. The van der Waals surface area contributed by atoms with Gasteiger partial charge in [-0.05, 0) is 41.8 Å². The molecule has 2 aromatic rings. The Kier molecular flexibility index (Phi) is 7.66. The second-order valence-corrected chi connectivity index (χ2v) is 5.37. The number of carbonyl (C=O) groups is 2. The zero-order valence-electron chi connectivity index (χ0n) is 14.8. The van der Waals surface area contributed by atoms with Crippen molar-refractivity contribution in [2.75, 3.05) is 13.2 Å². The van der Waals surface area contributed by atoms with E-state index in [9.17, 15) is 9.59 Å². The lowest BCUT2D eigenvalue weighted by Gasteiger charge is -2.07. The van der Waals surface area contributed by atoms with Gasteiger partial charge in [0.05, 0.1) is 0 Å². The zero-order valence-corrected chi connectivity index (χ0v) is 14.8. The lowest BCUT2D eigenvalue weighted by atomic mass is 10.0. The van der Waals surface area contributed by atoms with E-state index in [1.54, 1.807) is 24.3 Å². The van der Waals surface area contributed by atoms with E-state index >= 15 is 0 Å². The maximum atomic E-state index is 11.4. The first-order valence-corrected chi connectivity index (χ1v) is 8.19. The molecule has 0 N–H and O–H groups in total. The van der Waals surface area contributed by atoms with Gasteiger partial charge in [-0.3, -0.25) is 0 Å². The summed E-state index contributed by atoms with van der Waals surface area (Å²) in [5.74, 6) is 0.796. The van der Waals surface area contributed by atoms with Crippen LogP contribution in [0.1, 0.15) is 11.1 Å². The van der Waals surface area contributed by atoms with Crippen molar-refractivity contribution < 1.29 is 28.5 Å². The number of hydrogen-bond acceptors (Lipinski definition) is 6. The van der Waals surface area contributed by atoms with E-state index in [2.05, 4.69) is 13.2 Å². The molecular formula is C21H20O6. The van der Waals surface area contributed by atoms with Gasteiger partial charge >= 0.3 is 12.3 Å². The summed E-state index contributed by atoms with van der Waals surface area (Å²) < 4.78 is 19.6. The molecule has 2 aromatic carbocycles. The number of benzene rings is 2. The summed E-state index contributed by atoms with van der Waals surface area (Å²) in [5, 5.41) is 0. The topological polar surface area (TPSA) is 71.1 Å². The Bertz CT molecular complexity index is 710. The van der Waals surface area contributed by atoms with Crippen LogP contribution in [-0.4, -0.2) is 25.5 Å². The molecule has 0 saturated heterocycles. The van der Waals surface area contributed by atoms with Gasteiger partial charge in [-0.2, -0.15) is 0 Å². The summed E-state index contributed by atoms with van der Waals surface area (Å²) in [7, 11) is 0. The highest BCUT2D eigenvalue weighted by Gasteiger charge is 2.07. The highest BCUT2D eigenvalue weighted by Crippen LogP contribution is 2.18. The van der Waals surface area contributed by atoms with Crippen molar-refractivity contribution in [2.24, 2.45) is 0 Å². The minimum absolute atomic E-state index is 0.0998. The van der Waals surface area contributed by atoms with Crippen LogP contribution in [0.25, 0.3) is 0 Å². The summed E-state index contributed by atoms with van der Waals surface area (Å²) in [6.45, 7) is 7.11. The molecular weight excluding hydrogens is 348 g/mol. The van der Waals surface area contributed by atoms with E-state index in [1.807, 2.05) is 24.3 Å². The van der Waals surface area contributed by atoms with E-state index in [-0.39, 0.29) is 13.2 Å². The van der Waals surface area contributed by atoms with Gasteiger partial charge in [0.1, 0.15) is 24.7 Å². The summed E-state index contributed by atoms with van der Waals surface area (Å²) in [6, 6.07) is 14.2. The molecule has 27 heavy (non-hydrogen) atoms. The lowest BCUT2D eigenvalue weighted by Crippen LogP contribution is -2.10. The molecule has 0 unspecified atom stereocenters. The van der Waals surface area contributed by atoms with Crippen molar-refractivity contribution in [1.82, 2.24) is 0 Å². The van der Waals surface area contributed by atoms with E-state index in [0.29, 0.717) is 17.9 Å². The van der Waals surface area contributed by atoms with Crippen LogP contribution < -0.4 is 9.47 Å².